The molecule has 3 N–H and O–H groups in total. The lowest BCUT2D eigenvalue weighted by atomic mass is 10.1. The summed E-state index contributed by atoms with van der Waals surface area (Å²) >= 11 is -2.15. The number of nitrogens with zero attached hydrogens (tertiary/aromatic N) is 1. The third-order valence-corrected chi connectivity index (χ3v) is 3.36. The molecule has 6 nitrogen and oxygen atoms in total. The quantitative estimate of drug-likeness (QED) is 0.580. The highest BCUT2D eigenvalue weighted by molar-refractivity contribution is 7.80. The van der Waals surface area contributed by atoms with Crippen molar-refractivity contribution < 1.29 is 13.6 Å². The first kappa shape index (κ1) is 14.2. The van der Waals surface area contributed by atoms with Gasteiger partial charge in [0.1, 0.15) is 6.42 Å². The highest BCUT2D eigenvalue weighted by Gasteiger charge is 2.12. The van der Waals surface area contributed by atoms with E-state index in [1.165, 1.54) is 0 Å². The fourth-order valence-corrected chi connectivity index (χ4v) is 2.40. The van der Waals surface area contributed by atoms with Crippen molar-refractivity contribution in [2.75, 3.05) is 4.72 Å². The maximum atomic E-state index is 11.7. The predicted octanol–water partition coefficient (Wildman–Crippen LogP) is 2.38. The Labute approximate surface area is 118 Å². The molecule has 104 valence electrons. The Kier molecular flexibility index (Phi) is 4.17. The number of aryl methyl sites for hydroxylation is 1. The van der Waals surface area contributed by atoms with Gasteiger partial charge < -0.3 is 4.98 Å². The van der Waals surface area contributed by atoms with E-state index in [1.54, 1.807) is 12.1 Å². The number of benzene rings is 1. The number of aromatic nitrogens is 1. The van der Waals surface area contributed by atoms with Crippen LogP contribution < -0.4 is 4.72 Å². The second-order valence-corrected chi connectivity index (χ2v) is 4.94. The average molecular weight is 291 g/mol. The predicted molar refractivity (Wildman–Crippen MR) is 76.6 cm³/mol. The van der Waals surface area contributed by atoms with Gasteiger partial charge in [-0.15, -0.1) is 0 Å². The topological polar surface area (TPSA) is 106 Å². The lowest BCUT2D eigenvalue weighted by molar-refractivity contribution is 0.0994. The Morgan fingerprint density at radius 2 is 2.25 bits per heavy atom. The lowest BCUT2D eigenvalue weighted by Gasteiger charge is -2.07. The van der Waals surface area contributed by atoms with Gasteiger partial charge in [-0.1, -0.05) is 6.92 Å². The highest BCUT2D eigenvalue weighted by Crippen LogP contribution is 2.26. The van der Waals surface area contributed by atoms with Crippen LogP contribution in [0.5, 0.6) is 0 Å². The summed E-state index contributed by atoms with van der Waals surface area (Å²) in [6.45, 7) is 1.93. The van der Waals surface area contributed by atoms with Crippen LogP contribution in [0.1, 0.15) is 29.4 Å². The first-order valence-electron chi connectivity index (χ1n) is 5.98. The summed E-state index contributed by atoms with van der Waals surface area (Å²) in [4.78, 5) is 14.6. The zero-order valence-corrected chi connectivity index (χ0v) is 11.6. The maximum absolute atomic E-state index is 11.7. The normalized spacial score (nSPS) is 12.1. The Morgan fingerprint density at radius 1 is 1.50 bits per heavy atom. The number of carbonyl (C=O) groups is 1. The Morgan fingerprint density at radius 3 is 2.85 bits per heavy atom. The number of Topliss-reactive ketones (excluding diaryl/α,β-unsaturated/α-hetero) is 1. The number of aromatic amines is 1. The number of nitrogens with one attached hydrogen (secondary N) is 2. The molecule has 0 aliphatic heterocycles. The molecule has 1 atom stereocenters. The molecule has 0 aliphatic carbocycles. The summed E-state index contributed by atoms with van der Waals surface area (Å²) in [7, 11) is 0. The minimum atomic E-state index is -2.15. The standard InChI is InChI=1S/C13H13N3O3S/c1-2-8-5-9-6-12(13(17)3-4-14)15-10(9)7-11(8)16-20(18)19/h5-7,15-16H,2-3H2,1H3,(H,18,19). The van der Waals surface area contributed by atoms with Crippen molar-refractivity contribution in [2.45, 2.75) is 19.8 Å². The third kappa shape index (κ3) is 2.87. The second kappa shape index (κ2) is 5.86. The largest absolute Gasteiger partial charge is 0.352 e. The van der Waals surface area contributed by atoms with Crippen LogP contribution in [0.4, 0.5) is 5.69 Å². The van der Waals surface area contributed by atoms with Gasteiger partial charge in [0, 0.05) is 10.9 Å². The van der Waals surface area contributed by atoms with Gasteiger partial charge in [-0.05, 0) is 30.2 Å². The molecule has 0 bridgehead atoms. The molecule has 0 amide bonds. The fourth-order valence-electron chi connectivity index (χ4n) is 2.03. The third-order valence-electron chi connectivity index (χ3n) is 2.96. The fraction of sp³-hybridized carbons (Fsp3) is 0.231. The summed E-state index contributed by atoms with van der Waals surface area (Å²) in [6.07, 6.45) is 0.501. The van der Waals surface area contributed by atoms with E-state index in [2.05, 4.69) is 9.71 Å². The smallest absolute Gasteiger partial charge is 0.259 e. The van der Waals surface area contributed by atoms with Crippen LogP contribution in [0.15, 0.2) is 18.2 Å². The van der Waals surface area contributed by atoms with Crippen molar-refractivity contribution in [3.63, 3.8) is 0 Å². The van der Waals surface area contributed by atoms with E-state index in [1.807, 2.05) is 19.1 Å². The van der Waals surface area contributed by atoms with Crippen LogP contribution in [-0.4, -0.2) is 19.5 Å². The zero-order valence-electron chi connectivity index (χ0n) is 10.8. The Hall–Kier alpha value is -2.17. The molecule has 0 saturated carbocycles. The molecule has 0 saturated heterocycles. The first-order valence-corrected chi connectivity index (χ1v) is 7.09. The number of hydrogen-bond acceptors (Lipinski definition) is 3. The molecular formula is C13H13N3O3S. The van der Waals surface area contributed by atoms with Gasteiger partial charge in [0.2, 0.25) is 0 Å². The number of H-pyrrole nitrogens is 1. The average Bonchev–Trinajstić information content (AvgIpc) is 2.80. The minimum Gasteiger partial charge on any atom is -0.352 e. The molecule has 1 aromatic carbocycles. The monoisotopic (exact) mass is 291 g/mol. The van der Waals surface area contributed by atoms with Crippen LogP contribution in [-0.2, 0) is 17.7 Å². The van der Waals surface area contributed by atoms with Crippen LogP contribution in [0.3, 0.4) is 0 Å². The number of hydrogen-bond donors (Lipinski definition) is 3. The van der Waals surface area contributed by atoms with Gasteiger partial charge in [0.05, 0.1) is 17.5 Å². The van der Waals surface area contributed by atoms with Crippen molar-refractivity contribution in [3.05, 3.63) is 29.5 Å². The summed E-state index contributed by atoms with van der Waals surface area (Å²) in [6, 6.07) is 7.04. The van der Waals surface area contributed by atoms with Crippen molar-refractivity contribution in [2.24, 2.45) is 0 Å². The highest BCUT2D eigenvalue weighted by atomic mass is 32.2. The number of rotatable bonds is 5. The van der Waals surface area contributed by atoms with Gasteiger partial charge in [-0.3, -0.25) is 14.1 Å². The van der Waals surface area contributed by atoms with E-state index in [-0.39, 0.29) is 12.2 Å². The molecule has 2 aromatic rings. The van der Waals surface area contributed by atoms with E-state index in [4.69, 9.17) is 9.81 Å². The Balaban J connectivity index is 2.49. The molecule has 7 heteroatoms. The van der Waals surface area contributed by atoms with E-state index in [0.29, 0.717) is 23.3 Å². The molecule has 0 spiro atoms. The molecule has 0 radical (unpaired) electrons. The molecule has 1 unspecified atom stereocenters. The van der Waals surface area contributed by atoms with E-state index in [9.17, 15) is 9.00 Å². The van der Waals surface area contributed by atoms with Crippen molar-refractivity contribution >= 4 is 33.6 Å². The second-order valence-electron chi connectivity index (χ2n) is 4.24. The van der Waals surface area contributed by atoms with Gasteiger partial charge in [-0.25, -0.2) is 4.21 Å². The van der Waals surface area contributed by atoms with E-state index in [0.717, 1.165) is 10.9 Å². The zero-order chi connectivity index (χ0) is 14.7. The first-order chi connectivity index (χ1) is 9.55. The Bertz CT molecular complexity index is 730. The molecule has 1 aromatic heterocycles. The minimum absolute atomic E-state index is 0.181. The number of fused-ring (bicyclic) bond motifs is 1. The van der Waals surface area contributed by atoms with Gasteiger partial charge >= 0.3 is 0 Å². The number of anilines is 1. The number of carbonyl (C=O) groups excluding carboxylic acids is 1. The summed E-state index contributed by atoms with van der Waals surface area (Å²) in [5.74, 6) is -0.276. The summed E-state index contributed by atoms with van der Waals surface area (Å²) < 4.78 is 22.2. The van der Waals surface area contributed by atoms with Crippen LogP contribution >= 0.6 is 0 Å². The summed E-state index contributed by atoms with van der Waals surface area (Å²) in [5.41, 5.74) is 2.46. The maximum Gasteiger partial charge on any atom is 0.259 e. The molecule has 0 fully saturated rings. The van der Waals surface area contributed by atoms with Crippen LogP contribution in [0.2, 0.25) is 0 Å². The van der Waals surface area contributed by atoms with Crippen LogP contribution in [0.25, 0.3) is 10.9 Å². The van der Waals surface area contributed by atoms with Crippen molar-refractivity contribution in [3.8, 4) is 6.07 Å². The molecule has 0 aliphatic rings. The molecule has 1 heterocycles. The van der Waals surface area contributed by atoms with Gasteiger partial charge in [-0.2, -0.15) is 5.26 Å². The molecular weight excluding hydrogens is 278 g/mol. The molecule has 20 heavy (non-hydrogen) atoms. The van der Waals surface area contributed by atoms with E-state index >= 15 is 0 Å². The van der Waals surface area contributed by atoms with Crippen molar-refractivity contribution in [1.82, 2.24) is 4.98 Å². The summed E-state index contributed by atoms with van der Waals surface area (Å²) in [5, 5.41) is 9.37. The van der Waals surface area contributed by atoms with E-state index < -0.39 is 11.3 Å². The number of ketones is 1. The van der Waals surface area contributed by atoms with Crippen LogP contribution in [0, 0.1) is 11.3 Å². The lowest BCUT2D eigenvalue weighted by Crippen LogP contribution is -2.04. The SMILES string of the molecule is CCc1cc2cc(C(=O)CC#N)[nH]c2cc1NS(=O)O. The van der Waals surface area contributed by atoms with Crippen molar-refractivity contribution in [1.29, 1.82) is 5.26 Å². The van der Waals surface area contributed by atoms with Gasteiger partial charge in [0.15, 0.2) is 5.78 Å². The van der Waals surface area contributed by atoms with Gasteiger partial charge in [0.25, 0.3) is 11.3 Å². The number of nitriles is 1. The molecule has 2 rings (SSSR count).